The summed E-state index contributed by atoms with van der Waals surface area (Å²) in [7, 11) is -4.07. The van der Waals surface area contributed by atoms with Crippen molar-refractivity contribution in [3.63, 3.8) is 0 Å². The maximum atomic E-state index is 14.2. The molecule has 0 aromatic heterocycles. The second-order valence-electron chi connectivity index (χ2n) is 11.4. The molecule has 3 aromatic carbocycles. The van der Waals surface area contributed by atoms with Gasteiger partial charge in [0.25, 0.3) is 15.9 Å². The molecule has 11 heteroatoms. The van der Waals surface area contributed by atoms with Crippen LogP contribution in [0.1, 0.15) is 47.2 Å². The van der Waals surface area contributed by atoms with Gasteiger partial charge in [0.1, 0.15) is 5.82 Å². The Labute approximate surface area is 249 Å². The van der Waals surface area contributed by atoms with Crippen molar-refractivity contribution >= 4 is 39.2 Å². The Hall–Kier alpha value is -3.47. The average molecular weight is 612 g/mol. The molecule has 220 valence electrons. The van der Waals surface area contributed by atoms with E-state index in [4.69, 9.17) is 11.6 Å². The lowest BCUT2D eigenvalue weighted by Gasteiger charge is -2.44. The fourth-order valence-electron chi connectivity index (χ4n) is 6.64. The van der Waals surface area contributed by atoms with Crippen LogP contribution in [0.4, 0.5) is 10.1 Å². The first-order valence-corrected chi connectivity index (χ1v) is 15.8. The van der Waals surface area contributed by atoms with Gasteiger partial charge >= 0.3 is 5.97 Å². The molecule has 1 saturated carbocycles. The number of nitrogens with zero attached hydrogens (tertiary/aromatic N) is 2. The van der Waals surface area contributed by atoms with Crippen LogP contribution in [0.2, 0.25) is 5.02 Å². The number of fused-ring (bicyclic) bond motifs is 2. The Kier molecular flexibility index (Phi) is 7.49. The highest BCUT2D eigenvalue weighted by molar-refractivity contribution is 7.92. The predicted octanol–water partition coefficient (Wildman–Crippen LogP) is 4.81. The number of anilines is 1. The van der Waals surface area contributed by atoms with Gasteiger partial charge in [0.15, 0.2) is 0 Å². The molecule has 42 heavy (non-hydrogen) atoms. The molecule has 0 bridgehead atoms. The number of carboxylic acid groups (broad SMARTS) is 1. The molecule has 2 fully saturated rings. The third-order valence-corrected chi connectivity index (χ3v) is 11.0. The standard InChI is InChI=1S/C31H31ClFN3O5S/c32-26-4-2-1-3-22(26)18-34-30(39)21-7-12-27-25(17-21)31(13-15-35(16-14-31)19-28(37)38)29(20-5-6-20)36(27)42(40,41)24-10-8-23(33)9-11-24/h1-4,7-12,17,20,29H,5-6,13-16,18-19H2,(H,34,39)(H,37,38). The number of halogens is 2. The van der Waals surface area contributed by atoms with Crippen LogP contribution in [0.5, 0.6) is 0 Å². The van der Waals surface area contributed by atoms with Gasteiger partial charge in [0.05, 0.1) is 23.2 Å². The first kappa shape index (κ1) is 28.6. The van der Waals surface area contributed by atoms with Crippen LogP contribution < -0.4 is 9.62 Å². The van der Waals surface area contributed by atoms with Gasteiger partial charge in [-0.1, -0.05) is 29.8 Å². The van der Waals surface area contributed by atoms with Gasteiger partial charge in [0.2, 0.25) is 0 Å². The van der Waals surface area contributed by atoms with Gasteiger partial charge in [-0.3, -0.25) is 18.8 Å². The van der Waals surface area contributed by atoms with Crippen molar-refractivity contribution < 1.29 is 27.5 Å². The van der Waals surface area contributed by atoms with Crippen molar-refractivity contribution in [1.29, 1.82) is 0 Å². The maximum absolute atomic E-state index is 14.2. The number of nitrogens with one attached hydrogen (secondary N) is 1. The lowest BCUT2D eigenvalue weighted by atomic mass is 9.68. The summed E-state index contributed by atoms with van der Waals surface area (Å²) in [5.74, 6) is -1.62. The fraction of sp³-hybridized carbons (Fsp3) is 0.355. The van der Waals surface area contributed by atoms with Gasteiger partial charge in [-0.15, -0.1) is 0 Å². The highest BCUT2D eigenvalue weighted by atomic mass is 35.5. The largest absolute Gasteiger partial charge is 0.480 e. The second kappa shape index (κ2) is 11.0. The van der Waals surface area contributed by atoms with E-state index in [9.17, 15) is 27.5 Å². The Balaban J connectivity index is 1.40. The monoisotopic (exact) mass is 611 g/mol. The molecule has 6 rings (SSSR count). The van der Waals surface area contributed by atoms with E-state index in [0.717, 1.165) is 36.1 Å². The number of benzene rings is 3. The van der Waals surface area contributed by atoms with Crippen LogP contribution in [0, 0.1) is 11.7 Å². The maximum Gasteiger partial charge on any atom is 0.317 e. The Morgan fingerprint density at radius 3 is 2.36 bits per heavy atom. The van der Waals surface area contributed by atoms with Gasteiger partial charge < -0.3 is 10.4 Å². The minimum absolute atomic E-state index is 0.00224. The number of hydrogen-bond donors (Lipinski definition) is 2. The van der Waals surface area contributed by atoms with Gasteiger partial charge in [-0.05, 0) is 104 Å². The second-order valence-corrected chi connectivity index (χ2v) is 13.6. The molecule has 8 nitrogen and oxygen atoms in total. The minimum atomic E-state index is -4.07. The first-order valence-electron chi connectivity index (χ1n) is 14.0. The van der Waals surface area contributed by atoms with Crippen LogP contribution in [-0.4, -0.2) is 56.0 Å². The van der Waals surface area contributed by atoms with E-state index in [2.05, 4.69) is 5.32 Å². The number of sulfonamides is 1. The van der Waals surface area contributed by atoms with E-state index in [0.29, 0.717) is 42.2 Å². The Morgan fingerprint density at radius 2 is 1.71 bits per heavy atom. The molecular weight excluding hydrogens is 581 g/mol. The average Bonchev–Trinajstić information content (AvgIpc) is 3.77. The van der Waals surface area contributed by atoms with Crippen molar-refractivity contribution in [3.8, 4) is 0 Å². The first-order chi connectivity index (χ1) is 20.1. The fourth-order valence-corrected chi connectivity index (χ4v) is 8.64. The summed E-state index contributed by atoms with van der Waals surface area (Å²) in [4.78, 5) is 26.6. The van der Waals surface area contributed by atoms with Gasteiger partial charge in [-0.2, -0.15) is 0 Å². The highest BCUT2D eigenvalue weighted by Gasteiger charge is 2.60. The Bertz CT molecular complexity index is 1640. The molecule has 1 amide bonds. The number of hydrogen-bond acceptors (Lipinski definition) is 5. The third-order valence-electron chi connectivity index (χ3n) is 8.79. The molecule has 1 spiro atoms. The zero-order valence-electron chi connectivity index (χ0n) is 22.8. The SMILES string of the molecule is O=C(O)CN1CCC2(CC1)c1cc(C(=O)NCc3ccccc3Cl)ccc1N(S(=O)(=O)c1ccc(F)cc1)C2C1CC1. The van der Waals surface area contributed by atoms with Crippen LogP contribution >= 0.6 is 11.6 Å². The Morgan fingerprint density at radius 1 is 1.02 bits per heavy atom. The molecular formula is C31H31ClFN3O5S. The van der Waals surface area contributed by atoms with Crippen molar-refractivity contribution in [2.75, 3.05) is 23.9 Å². The van der Waals surface area contributed by atoms with Crippen molar-refractivity contribution in [2.45, 2.75) is 48.6 Å². The van der Waals surface area contributed by atoms with E-state index in [1.165, 1.54) is 16.4 Å². The number of aliphatic carboxylic acids is 1. The quantitative estimate of drug-likeness (QED) is 0.378. The van der Waals surface area contributed by atoms with Gasteiger partial charge in [-0.25, -0.2) is 12.8 Å². The number of piperidine rings is 1. The van der Waals surface area contributed by atoms with Crippen molar-refractivity contribution in [3.05, 3.63) is 94.3 Å². The molecule has 3 aliphatic rings. The number of carbonyl (C=O) groups is 2. The zero-order chi connectivity index (χ0) is 29.6. The van der Waals surface area contributed by atoms with Crippen LogP contribution in [0.3, 0.4) is 0 Å². The smallest absolute Gasteiger partial charge is 0.317 e. The highest BCUT2D eigenvalue weighted by Crippen LogP contribution is 2.59. The molecule has 2 N–H and O–H groups in total. The lowest BCUT2D eigenvalue weighted by Crippen LogP contribution is -2.54. The van der Waals surface area contributed by atoms with Crippen molar-refractivity contribution in [1.82, 2.24) is 10.2 Å². The molecule has 2 aliphatic heterocycles. The summed E-state index contributed by atoms with van der Waals surface area (Å²) in [6, 6.07) is 16.9. The predicted molar refractivity (Wildman–Crippen MR) is 157 cm³/mol. The molecule has 2 heterocycles. The molecule has 3 aromatic rings. The van der Waals surface area contributed by atoms with E-state index in [-0.39, 0.29) is 29.8 Å². The topological polar surface area (TPSA) is 107 Å². The number of likely N-dealkylation sites (tertiary alicyclic amines) is 1. The van der Waals surface area contributed by atoms with Crippen LogP contribution in [-0.2, 0) is 26.8 Å². The van der Waals surface area contributed by atoms with E-state index < -0.39 is 33.3 Å². The summed E-state index contributed by atoms with van der Waals surface area (Å²) < 4.78 is 43.7. The van der Waals surface area contributed by atoms with E-state index in [1.807, 2.05) is 23.1 Å². The summed E-state index contributed by atoms with van der Waals surface area (Å²) in [5.41, 5.74) is 1.89. The molecule has 1 aliphatic carbocycles. The van der Waals surface area contributed by atoms with E-state index >= 15 is 0 Å². The molecule has 0 radical (unpaired) electrons. The minimum Gasteiger partial charge on any atom is -0.480 e. The summed E-state index contributed by atoms with van der Waals surface area (Å²) >= 11 is 6.27. The molecule has 1 saturated heterocycles. The van der Waals surface area contributed by atoms with E-state index in [1.54, 1.807) is 24.3 Å². The lowest BCUT2D eigenvalue weighted by molar-refractivity contribution is -0.138. The number of carbonyl (C=O) groups excluding carboxylic acids is 1. The number of carboxylic acids is 1. The third kappa shape index (κ3) is 5.16. The summed E-state index contributed by atoms with van der Waals surface area (Å²) in [6.07, 6.45) is 2.85. The van der Waals surface area contributed by atoms with Crippen LogP contribution in [0.25, 0.3) is 0 Å². The zero-order valence-corrected chi connectivity index (χ0v) is 24.4. The summed E-state index contributed by atoms with van der Waals surface area (Å²) in [5, 5.41) is 12.8. The normalized spacial score (nSPS) is 20.0. The molecule has 1 atom stereocenters. The number of rotatable bonds is 8. The van der Waals surface area contributed by atoms with Crippen molar-refractivity contribution in [2.24, 2.45) is 5.92 Å². The number of amides is 1. The van der Waals surface area contributed by atoms with Gasteiger partial charge in [0, 0.05) is 22.5 Å². The van der Waals surface area contributed by atoms with Crippen LogP contribution in [0.15, 0.2) is 71.6 Å². The summed E-state index contributed by atoms with van der Waals surface area (Å²) in [6.45, 7) is 1.13. The molecule has 1 unspecified atom stereocenters.